The van der Waals surface area contributed by atoms with E-state index in [2.05, 4.69) is 34.3 Å². The third-order valence-electron chi connectivity index (χ3n) is 4.96. The first-order chi connectivity index (χ1) is 12.2. The summed E-state index contributed by atoms with van der Waals surface area (Å²) in [5, 5.41) is 4.79. The number of anilines is 1. The van der Waals surface area contributed by atoms with Gasteiger partial charge in [0.25, 0.3) is 0 Å². The van der Waals surface area contributed by atoms with E-state index in [1.165, 1.54) is 34.2 Å². The number of rotatable bonds is 5. The van der Waals surface area contributed by atoms with Crippen molar-refractivity contribution < 1.29 is 4.74 Å². The van der Waals surface area contributed by atoms with Gasteiger partial charge in [-0.2, -0.15) is 0 Å². The Hall–Kier alpha value is -2.14. The van der Waals surface area contributed by atoms with Crippen molar-refractivity contribution in [1.82, 2.24) is 9.97 Å². The molecular weight excluding hydrogens is 330 g/mol. The molecule has 0 fully saturated rings. The van der Waals surface area contributed by atoms with E-state index in [9.17, 15) is 0 Å². The summed E-state index contributed by atoms with van der Waals surface area (Å²) in [6.07, 6.45) is 6.24. The summed E-state index contributed by atoms with van der Waals surface area (Å²) in [6, 6.07) is 8.25. The molecule has 0 bridgehead atoms. The van der Waals surface area contributed by atoms with Gasteiger partial charge in [0.15, 0.2) is 0 Å². The van der Waals surface area contributed by atoms with Crippen LogP contribution in [0.15, 0.2) is 30.6 Å². The van der Waals surface area contributed by atoms with Crippen molar-refractivity contribution in [1.29, 1.82) is 0 Å². The number of nitrogens with one attached hydrogen (secondary N) is 1. The van der Waals surface area contributed by atoms with E-state index in [1.54, 1.807) is 13.4 Å². The van der Waals surface area contributed by atoms with Crippen molar-refractivity contribution in [2.45, 2.75) is 32.6 Å². The van der Waals surface area contributed by atoms with Gasteiger partial charge >= 0.3 is 0 Å². The van der Waals surface area contributed by atoms with E-state index in [0.29, 0.717) is 0 Å². The molecule has 5 heteroatoms. The highest BCUT2D eigenvalue weighted by atomic mass is 32.1. The highest BCUT2D eigenvalue weighted by molar-refractivity contribution is 7.19. The Kier molecular flexibility index (Phi) is 4.57. The molecule has 1 aliphatic rings. The van der Waals surface area contributed by atoms with Crippen LogP contribution in [-0.4, -0.2) is 23.6 Å². The normalized spacial score (nSPS) is 16.6. The van der Waals surface area contributed by atoms with Gasteiger partial charge in [0, 0.05) is 11.4 Å². The molecule has 1 N–H and O–H groups in total. The summed E-state index contributed by atoms with van der Waals surface area (Å²) in [4.78, 5) is 11.7. The van der Waals surface area contributed by atoms with Crippen LogP contribution in [0.5, 0.6) is 5.75 Å². The minimum absolute atomic E-state index is 0.778. The van der Waals surface area contributed by atoms with E-state index in [1.807, 2.05) is 23.5 Å². The molecular formula is C20H23N3OS. The number of methoxy groups -OCH3 is 1. The number of aryl methyl sites for hydroxylation is 1. The zero-order valence-electron chi connectivity index (χ0n) is 14.7. The Morgan fingerprint density at radius 3 is 2.88 bits per heavy atom. The first-order valence-electron chi connectivity index (χ1n) is 8.86. The Balaban J connectivity index is 1.51. The fourth-order valence-electron chi connectivity index (χ4n) is 3.53. The lowest BCUT2D eigenvalue weighted by Crippen LogP contribution is -2.10. The van der Waals surface area contributed by atoms with E-state index in [4.69, 9.17) is 4.74 Å². The molecule has 0 saturated carbocycles. The molecule has 2 aromatic heterocycles. The zero-order valence-corrected chi connectivity index (χ0v) is 15.5. The highest BCUT2D eigenvalue weighted by Crippen LogP contribution is 2.39. The zero-order chi connectivity index (χ0) is 17.2. The van der Waals surface area contributed by atoms with Gasteiger partial charge in [-0.25, -0.2) is 9.97 Å². The second-order valence-electron chi connectivity index (χ2n) is 6.78. The van der Waals surface area contributed by atoms with Crippen LogP contribution in [0.1, 0.15) is 29.3 Å². The average molecular weight is 353 g/mol. The van der Waals surface area contributed by atoms with Crippen molar-refractivity contribution in [3.63, 3.8) is 0 Å². The van der Waals surface area contributed by atoms with E-state index >= 15 is 0 Å². The van der Waals surface area contributed by atoms with Gasteiger partial charge in [-0.05, 0) is 54.9 Å². The number of benzene rings is 1. The Labute approximate surface area is 152 Å². The molecule has 3 aromatic rings. The van der Waals surface area contributed by atoms with Crippen molar-refractivity contribution in [2.75, 3.05) is 19.0 Å². The minimum Gasteiger partial charge on any atom is -0.497 e. The van der Waals surface area contributed by atoms with Crippen molar-refractivity contribution in [3.05, 3.63) is 46.6 Å². The standard InChI is InChI=1S/C20H23N3OS/c1-13-3-8-16-17(11-13)25-20-18(16)19(22-12-23-20)21-10-9-14-4-6-15(24-2)7-5-14/h4-7,12-13H,3,8-11H2,1-2H3,(H,21,22,23). The van der Waals surface area contributed by atoms with Gasteiger partial charge in [0.2, 0.25) is 0 Å². The maximum atomic E-state index is 5.21. The molecule has 1 aliphatic carbocycles. The molecule has 1 aromatic carbocycles. The first kappa shape index (κ1) is 16.3. The first-order valence-corrected chi connectivity index (χ1v) is 9.68. The smallest absolute Gasteiger partial charge is 0.138 e. The molecule has 0 aliphatic heterocycles. The average Bonchev–Trinajstić information content (AvgIpc) is 3.00. The van der Waals surface area contributed by atoms with Gasteiger partial charge < -0.3 is 10.1 Å². The Morgan fingerprint density at radius 1 is 1.24 bits per heavy atom. The van der Waals surface area contributed by atoms with Crippen LogP contribution in [0.4, 0.5) is 5.82 Å². The third-order valence-corrected chi connectivity index (χ3v) is 6.12. The lowest BCUT2D eigenvalue weighted by atomic mass is 9.89. The summed E-state index contributed by atoms with van der Waals surface area (Å²) in [6.45, 7) is 3.20. The predicted molar refractivity (Wildman–Crippen MR) is 104 cm³/mol. The summed E-state index contributed by atoms with van der Waals surface area (Å²) < 4.78 is 5.21. The topological polar surface area (TPSA) is 47.0 Å². The van der Waals surface area contributed by atoms with Gasteiger partial charge in [0.1, 0.15) is 22.7 Å². The number of ether oxygens (including phenoxy) is 1. The predicted octanol–water partition coefficient (Wildman–Crippen LogP) is 4.48. The molecule has 4 rings (SSSR count). The summed E-state index contributed by atoms with van der Waals surface area (Å²) in [7, 11) is 1.69. The van der Waals surface area contributed by atoms with Crippen LogP contribution < -0.4 is 10.1 Å². The number of hydrogen-bond acceptors (Lipinski definition) is 5. The van der Waals surface area contributed by atoms with Gasteiger partial charge in [0.05, 0.1) is 12.5 Å². The quantitative estimate of drug-likeness (QED) is 0.735. The monoisotopic (exact) mass is 353 g/mol. The van der Waals surface area contributed by atoms with E-state index < -0.39 is 0 Å². The van der Waals surface area contributed by atoms with Crippen LogP contribution >= 0.6 is 11.3 Å². The van der Waals surface area contributed by atoms with Gasteiger partial charge in [-0.3, -0.25) is 0 Å². The second kappa shape index (κ2) is 7.00. The van der Waals surface area contributed by atoms with E-state index in [0.717, 1.165) is 41.7 Å². The minimum atomic E-state index is 0.778. The summed E-state index contributed by atoms with van der Waals surface area (Å²) in [5.74, 6) is 2.67. The van der Waals surface area contributed by atoms with E-state index in [-0.39, 0.29) is 0 Å². The molecule has 0 spiro atoms. The van der Waals surface area contributed by atoms with Crippen LogP contribution in [0.2, 0.25) is 0 Å². The number of nitrogens with zero attached hydrogens (tertiary/aromatic N) is 2. The fraction of sp³-hybridized carbons (Fsp3) is 0.400. The highest BCUT2D eigenvalue weighted by Gasteiger charge is 2.22. The molecule has 2 heterocycles. The molecule has 1 unspecified atom stereocenters. The Bertz CT molecular complexity index is 873. The maximum Gasteiger partial charge on any atom is 0.138 e. The fourth-order valence-corrected chi connectivity index (χ4v) is 4.88. The van der Waals surface area contributed by atoms with Gasteiger partial charge in [-0.15, -0.1) is 11.3 Å². The van der Waals surface area contributed by atoms with Crippen LogP contribution in [-0.2, 0) is 19.3 Å². The molecule has 130 valence electrons. The number of hydrogen-bond donors (Lipinski definition) is 1. The second-order valence-corrected chi connectivity index (χ2v) is 7.86. The maximum absolute atomic E-state index is 5.21. The molecule has 0 radical (unpaired) electrons. The third kappa shape index (κ3) is 3.33. The molecule has 25 heavy (non-hydrogen) atoms. The number of thiophene rings is 1. The Morgan fingerprint density at radius 2 is 2.08 bits per heavy atom. The van der Waals surface area contributed by atoms with Gasteiger partial charge in [-0.1, -0.05) is 19.1 Å². The molecule has 0 amide bonds. The summed E-state index contributed by atoms with van der Waals surface area (Å²) in [5.41, 5.74) is 2.77. The lowest BCUT2D eigenvalue weighted by Gasteiger charge is -2.18. The van der Waals surface area contributed by atoms with Crippen molar-refractivity contribution in [2.24, 2.45) is 5.92 Å². The molecule has 0 saturated heterocycles. The van der Waals surface area contributed by atoms with Crippen LogP contribution in [0.25, 0.3) is 10.2 Å². The number of aromatic nitrogens is 2. The van der Waals surface area contributed by atoms with Crippen molar-refractivity contribution >= 4 is 27.4 Å². The molecule has 1 atom stereocenters. The van der Waals surface area contributed by atoms with Crippen LogP contribution in [0.3, 0.4) is 0 Å². The summed E-state index contributed by atoms with van der Waals surface area (Å²) >= 11 is 1.85. The van der Waals surface area contributed by atoms with Crippen LogP contribution in [0, 0.1) is 5.92 Å². The number of fused-ring (bicyclic) bond motifs is 3. The van der Waals surface area contributed by atoms with Crippen molar-refractivity contribution in [3.8, 4) is 5.75 Å². The molecule has 4 nitrogen and oxygen atoms in total. The SMILES string of the molecule is COc1ccc(CCNc2ncnc3sc4c(c23)CCC(C)C4)cc1. The lowest BCUT2D eigenvalue weighted by molar-refractivity contribution is 0.414. The largest absolute Gasteiger partial charge is 0.497 e.